The fourth-order valence-electron chi connectivity index (χ4n) is 1.83. The number of nitrogens with one attached hydrogen (secondary N) is 1. The predicted molar refractivity (Wildman–Crippen MR) is 93.0 cm³/mol. The Kier molecular flexibility index (Phi) is 5.71. The van der Waals surface area contributed by atoms with E-state index in [-0.39, 0.29) is 4.90 Å². The number of ether oxygens (including phenoxy) is 1. The summed E-state index contributed by atoms with van der Waals surface area (Å²) in [5.74, 6) is -0.0609. The number of benzene rings is 2. The summed E-state index contributed by atoms with van der Waals surface area (Å²) < 4.78 is 27.9. The Hall–Kier alpha value is -1.80. The zero-order valence-electron chi connectivity index (χ0n) is 12.5. The first-order chi connectivity index (χ1) is 11.1. The average molecular weight is 389 g/mol. The van der Waals surface area contributed by atoms with Crippen molar-refractivity contribution in [3.8, 4) is 5.75 Å². The van der Waals surface area contributed by atoms with Gasteiger partial charge in [-0.1, -0.05) is 23.2 Å². The van der Waals surface area contributed by atoms with Crippen LogP contribution in [-0.4, -0.2) is 20.4 Å². The molecular formula is C15H14Cl2N2O4S. The molecule has 0 spiro atoms. The lowest BCUT2D eigenvalue weighted by Gasteiger charge is -2.15. The normalized spacial score (nSPS) is 12.5. The van der Waals surface area contributed by atoms with Crippen molar-refractivity contribution in [2.75, 3.05) is 5.32 Å². The number of primary sulfonamides is 1. The van der Waals surface area contributed by atoms with Crippen molar-refractivity contribution in [2.45, 2.75) is 17.9 Å². The highest BCUT2D eigenvalue weighted by Crippen LogP contribution is 2.25. The SMILES string of the molecule is C[C@H](Oc1cc(Cl)cc(Cl)c1)C(=O)Nc1ccc(S(N)(=O)=O)cc1. The van der Waals surface area contributed by atoms with Gasteiger partial charge in [0.25, 0.3) is 5.91 Å². The number of carbonyl (C=O) groups excluding carboxylic acids is 1. The molecule has 1 amide bonds. The minimum Gasteiger partial charge on any atom is -0.481 e. The van der Waals surface area contributed by atoms with Gasteiger partial charge < -0.3 is 10.1 Å². The number of anilines is 1. The topological polar surface area (TPSA) is 98.5 Å². The van der Waals surface area contributed by atoms with Gasteiger partial charge in [0.15, 0.2) is 6.10 Å². The van der Waals surface area contributed by atoms with E-state index in [0.29, 0.717) is 21.5 Å². The van der Waals surface area contributed by atoms with Crippen LogP contribution in [0.15, 0.2) is 47.4 Å². The molecule has 1 atom stereocenters. The van der Waals surface area contributed by atoms with E-state index in [1.165, 1.54) is 36.4 Å². The zero-order chi connectivity index (χ0) is 17.9. The third-order valence-corrected chi connectivity index (χ3v) is 4.33. The average Bonchev–Trinajstić information content (AvgIpc) is 2.45. The van der Waals surface area contributed by atoms with Gasteiger partial charge in [0, 0.05) is 15.7 Å². The summed E-state index contributed by atoms with van der Waals surface area (Å²) in [6.07, 6.45) is -0.822. The van der Waals surface area contributed by atoms with Crippen LogP contribution in [0.3, 0.4) is 0 Å². The summed E-state index contributed by atoms with van der Waals surface area (Å²) in [6, 6.07) is 10.1. The van der Waals surface area contributed by atoms with Gasteiger partial charge in [-0.15, -0.1) is 0 Å². The molecule has 0 saturated heterocycles. The van der Waals surface area contributed by atoms with E-state index in [0.717, 1.165) is 0 Å². The molecule has 0 saturated carbocycles. The van der Waals surface area contributed by atoms with E-state index < -0.39 is 22.0 Å². The maximum atomic E-state index is 12.1. The second kappa shape index (κ2) is 7.40. The highest BCUT2D eigenvalue weighted by Gasteiger charge is 2.16. The minimum absolute atomic E-state index is 0.0432. The smallest absolute Gasteiger partial charge is 0.265 e. The first kappa shape index (κ1) is 18.5. The van der Waals surface area contributed by atoms with Crippen LogP contribution in [0, 0.1) is 0 Å². The molecule has 6 nitrogen and oxygen atoms in total. The molecule has 0 aliphatic carbocycles. The quantitative estimate of drug-likeness (QED) is 0.821. The van der Waals surface area contributed by atoms with Crippen LogP contribution in [-0.2, 0) is 14.8 Å². The van der Waals surface area contributed by atoms with Crippen LogP contribution in [0.5, 0.6) is 5.75 Å². The molecule has 0 bridgehead atoms. The summed E-state index contributed by atoms with van der Waals surface area (Å²) in [6.45, 7) is 1.56. The fourth-order valence-corrected chi connectivity index (χ4v) is 2.85. The molecule has 2 aromatic carbocycles. The Morgan fingerprint density at radius 2 is 1.67 bits per heavy atom. The van der Waals surface area contributed by atoms with Crippen LogP contribution >= 0.6 is 23.2 Å². The summed E-state index contributed by atoms with van der Waals surface area (Å²) in [7, 11) is -3.78. The van der Waals surface area contributed by atoms with Crippen molar-refractivity contribution in [3.63, 3.8) is 0 Å². The van der Waals surface area contributed by atoms with Crippen LogP contribution in [0.25, 0.3) is 0 Å². The predicted octanol–water partition coefficient (Wildman–Crippen LogP) is 3.05. The minimum atomic E-state index is -3.78. The van der Waals surface area contributed by atoms with Crippen molar-refractivity contribution < 1.29 is 17.9 Å². The Morgan fingerprint density at radius 3 is 2.17 bits per heavy atom. The van der Waals surface area contributed by atoms with Crippen molar-refractivity contribution in [1.82, 2.24) is 0 Å². The number of sulfonamides is 1. The molecular weight excluding hydrogens is 375 g/mol. The number of rotatable bonds is 5. The maximum absolute atomic E-state index is 12.1. The third kappa shape index (κ3) is 5.10. The third-order valence-electron chi connectivity index (χ3n) is 2.97. The van der Waals surface area contributed by atoms with Gasteiger partial charge >= 0.3 is 0 Å². The largest absolute Gasteiger partial charge is 0.481 e. The molecule has 0 fully saturated rings. The first-order valence-electron chi connectivity index (χ1n) is 6.71. The lowest BCUT2D eigenvalue weighted by molar-refractivity contribution is -0.122. The van der Waals surface area contributed by atoms with Gasteiger partial charge in [0.1, 0.15) is 5.75 Å². The van der Waals surface area contributed by atoms with Gasteiger partial charge in [-0.3, -0.25) is 4.79 Å². The fraction of sp³-hybridized carbons (Fsp3) is 0.133. The highest BCUT2D eigenvalue weighted by atomic mass is 35.5. The molecule has 2 aromatic rings. The molecule has 0 aliphatic heterocycles. The van der Waals surface area contributed by atoms with E-state index >= 15 is 0 Å². The molecule has 24 heavy (non-hydrogen) atoms. The Labute approximate surface area is 149 Å². The molecule has 2 rings (SSSR count). The van der Waals surface area contributed by atoms with Gasteiger partial charge in [-0.2, -0.15) is 0 Å². The number of amides is 1. The summed E-state index contributed by atoms with van der Waals surface area (Å²) in [4.78, 5) is 12.1. The lowest BCUT2D eigenvalue weighted by Crippen LogP contribution is -2.30. The molecule has 128 valence electrons. The van der Waals surface area contributed by atoms with Crippen molar-refractivity contribution >= 4 is 44.8 Å². The van der Waals surface area contributed by atoms with Gasteiger partial charge in [0.2, 0.25) is 10.0 Å². The lowest BCUT2D eigenvalue weighted by atomic mass is 10.3. The summed E-state index contributed by atoms with van der Waals surface area (Å²) in [5, 5.41) is 8.40. The number of carbonyl (C=O) groups is 1. The summed E-state index contributed by atoms with van der Waals surface area (Å²) in [5.41, 5.74) is 0.409. The Balaban J connectivity index is 2.03. The molecule has 0 aliphatic rings. The Bertz CT molecular complexity index is 834. The van der Waals surface area contributed by atoms with Crippen LogP contribution < -0.4 is 15.2 Å². The van der Waals surface area contributed by atoms with Crippen LogP contribution in [0.2, 0.25) is 10.0 Å². The van der Waals surface area contributed by atoms with E-state index in [2.05, 4.69) is 5.32 Å². The monoisotopic (exact) mass is 388 g/mol. The van der Waals surface area contributed by atoms with E-state index in [1.807, 2.05) is 0 Å². The van der Waals surface area contributed by atoms with Crippen LogP contribution in [0.1, 0.15) is 6.92 Å². The molecule has 0 heterocycles. The summed E-state index contributed by atoms with van der Waals surface area (Å²) >= 11 is 11.7. The van der Waals surface area contributed by atoms with Crippen molar-refractivity contribution in [1.29, 1.82) is 0 Å². The first-order valence-corrected chi connectivity index (χ1v) is 9.02. The maximum Gasteiger partial charge on any atom is 0.265 e. The standard InChI is InChI=1S/C15H14Cl2N2O4S/c1-9(23-13-7-10(16)6-11(17)8-13)15(20)19-12-2-4-14(5-3-12)24(18,21)22/h2-9H,1H3,(H,19,20)(H2,18,21,22)/t9-/m0/s1. The number of hydrogen-bond acceptors (Lipinski definition) is 4. The van der Waals surface area contributed by atoms with Crippen LogP contribution in [0.4, 0.5) is 5.69 Å². The van der Waals surface area contributed by atoms with E-state index in [9.17, 15) is 13.2 Å². The van der Waals surface area contributed by atoms with E-state index in [1.54, 1.807) is 13.0 Å². The van der Waals surface area contributed by atoms with Gasteiger partial charge in [0.05, 0.1) is 4.90 Å². The highest BCUT2D eigenvalue weighted by molar-refractivity contribution is 7.89. The molecule has 0 aromatic heterocycles. The Morgan fingerprint density at radius 1 is 1.12 bits per heavy atom. The number of hydrogen-bond donors (Lipinski definition) is 2. The van der Waals surface area contributed by atoms with Crippen molar-refractivity contribution in [2.24, 2.45) is 5.14 Å². The second-order valence-corrected chi connectivity index (χ2v) is 7.36. The molecule has 0 unspecified atom stereocenters. The van der Waals surface area contributed by atoms with Gasteiger partial charge in [-0.25, -0.2) is 13.6 Å². The van der Waals surface area contributed by atoms with Crippen molar-refractivity contribution in [3.05, 3.63) is 52.5 Å². The molecule has 0 radical (unpaired) electrons. The van der Waals surface area contributed by atoms with E-state index in [4.69, 9.17) is 33.1 Å². The molecule has 9 heteroatoms. The zero-order valence-corrected chi connectivity index (χ0v) is 14.8. The number of halogens is 2. The second-order valence-electron chi connectivity index (χ2n) is 4.92. The number of nitrogens with two attached hydrogens (primary N) is 1. The molecule has 3 N–H and O–H groups in total. The van der Waals surface area contributed by atoms with Gasteiger partial charge in [-0.05, 0) is 49.4 Å².